The number of ether oxygens (including phenoxy) is 1. The highest BCUT2D eigenvalue weighted by Gasteiger charge is 2.58. The molecule has 2 fully saturated rings. The van der Waals surface area contributed by atoms with Crippen LogP contribution in [-0.2, 0) is 11.3 Å². The summed E-state index contributed by atoms with van der Waals surface area (Å²) < 4.78 is 5.73. The lowest BCUT2D eigenvalue weighted by Gasteiger charge is -2.27. The molecule has 1 N–H and O–H groups in total. The van der Waals surface area contributed by atoms with Crippen LogP contribution in [-0.4, -0.2) is 37.0 Å². The predicted molar refractivity (Wildman–Crippen MR) is 95.9 cm³/mol. The van der Waals surface area contributed by atoms with Gasteiger partial charge in [0.2, 0.25) is 5.91 Å². The molecule has 1 aromatic rings. The molecule has 0 unspecified atom stereocenters. The topological polar surface area (TPSA) is 41.6 Å². The number of hydrogen-bond acceptors (Lipinski definition) is 3. The Kier molecular flexibility index (Phi) is 5.24. The molecule has 1 saturated heterocycles. The minimum atomic E-state index is 0.223. The van der Waals surface area contributed by atoms with Crippen molar-refractivity contribution in [1.29, 1.82) is 0 Å². The third-order valence-corrected chi connectivity index (χ3v) is 5.47. The monoisotopic (exact) mass is 328 g/mol. The molecule has 0 radical (unpaired) electrons. The number of piperidine rings is 1. The van der Waals surface area contributed by atoms with Crippen LogP contribution in [0.5, 0.6) is 5.75 Å². The van der Waals surface area contributed by atoms with Crippen molar-refractivity contribution in [3.8, 4) is 5.75 Å². The molecule has 1 heterocycles. The fourth-order valence-corrected chi connectivity index (χ4v) is 3.87. The normalized spacial score (nSPS) is 21.3. The van der Waals surface area contributed by atoms with Gasteiger partial charge in [-0.05, 0) is 50.8 Å². The van der Waals surface area contributed by atoms with E-state index in [2.05, 4.69) is 18.8 Å². The summed E-state index contributed by atoms with van der Waals surface area (Å²) in [4.78, 5) is 15.0. The number of nitrogens with zero attached hydrogens (tertiary/aromatic N) is 1. The summed E-state index contributed by atoms with van der Waals surface area (Å²) in [5.41, 5.74) is 1.35. The van der Waals surface area contributed by atoms with E-state index in [1.165, 1.54) is 0 Å². The summed E-state index contributed by atoms with van der Waals surface area (Å²) in [6.45, 7) is 9.69. The summed E-state index contributed by atoms with van der Waals surface area (Å²) in [6, 6.07) is 7.97. The van der Waals surface area contributed by atoms with Gasteiger partial charge in [-0.3, -0.25) is 4.79 Å². The Morgan fingerprint density at radius 2 is 2.17 bits per heavy atom. The molecule has 3 rings (SSSR count). The first-order chi connectivity index (χ1) is 11.7. The standard InChI is InChI=1S/C20H28N2O2/c1-3-13-24-18-8-6-5-7-16(18)15-22(4-2)19(23)17-14-20(17)9-11-21-12-10-20/h3,5-8,17,21H,1,4,9-15H2,2H3/t17-/m0/s1. The molecule has 1 atom stereocenters. The van der Waals surface area contributed by atoms with Crippen LogP contribution in [0.2, 0.25) is 0 Å². The zero-order chi connectivity index (χ0) is 17.0. The molecule has 1 amide bonds. The summed E-state index contributed by atoms with van der Waals surface area (Å²) in [5, 5.41) is 3.40. The minimum absolute atomic E-state index is 0.223. The minimum Gasteiger partial charge on any atom is -0.489 e. The number of benzene rings is 1. The third-order valence-electron chi connectivity index (χ3n) is 5.47. The quantitative estimate of drug-likeness (QED) is 0.783. The van der Waals surface area contributed by atoms with Gasteiger partial charge in [-0.2, -0.15) is 0 Å². The van der Waals surface area contributed by atoms with Crippen molar-refractivity contribution >= 4 is 5.91 Å². The first-order valence-corrected chi connectivity index (χ1v) is 9.01. The summed E-state index contributed by atoms with van der Waals surface area (Å²) in [5.74, 6) is 1.38. The second-order valence-electron chi connectivity index (χ2n) is 6.93. The maximum Gasteiger partial charge on any atom is 0.226 e. The van der Waals surface area contributed by atoms with Crippen LogP contribution < -0.4 is 10.1 Å². The molecule has 130 valence electrons. The van der Waals surface area contributed by atoms with Gasteiger partial charge in [-0.25, -0.2) is 0 Å². The van der Waals surface area contributed by atoms with Crippen LogP contribution in [0.15, 0.2) is 36.9 Å². The fraction of sp³-hybridized carbons (Fsp3) is 0.550. The SMILES string of the molecule is C=CCOc1ccccc1CN(CC)C(=O)[C@@H]1CC12CCNCC2. The summed E-state index contributed by atoms with van der Waals surface area (Å²) in [7, 11) is 0. The number of carbonyl (C=O) groups is 1. The molecule has 1 aliphatic carbocycles. The van der Waals surface area contributed by atoms with E-state index in [4.69, 9.17) is 4.74 Å². The largest absolute Gasteiger partial charge is 0.489 e. The van der Waals surface area contributed by atoms with E-state index in [9.17, 15) is 4.79 Å². The van der Waals surface area contributed by atoms with Gasteiger partial charge >= 0.3 is 0 Å². The van der Waals surface area contributed by atoms with Gasteiger partial charge in [0.25, 0.3) is 0 Å². The lowest BCUT2D eigenvalue weighted by Crippen LogP contribution is -2.36. The molecule has 2 aliphatic rings. The number of rotatable bonds is 7. The van der Waals surface area contributed by atoms with E-state index in [0.29, 0.717) is 19.1 Å². The predicted octanol–water partition coefficient (Wildman–Crippen LogP) is 2.99. The molecule has 0 aromatic heterocycles. The zero-order valence-electron chi connectivity index (χ0n) is 14.6. The average molecular weight is 328 g/mol. The van der Waals surface area contributed by atoms with Gasteiger partial charge in [0.1, 0.15) is 12.4 Å². The van der Waals surface area contributed by atoms with Crippen LogP contribution in [0.3, 0.4) is 0 Å². The van der Waals surface area contributed by atoms with Crippen molar-refractivity contribution in [2.45, 2.75) is 32.7 Å². The van der Waals surface area contributed by atoms with E-state index >= 15 is 0 Å². The number of nitrogens with one attached hydrogen (secondary N) is 1. The van der Waals surface area contributed by atoms with E-state index < -0.39 is 0 Å². The maximum atomic E-state index is 13.0. The molecular weight excluding hydrogens is 300 g/mol. The van der Waals surface area contributed by atoms with Crippen molar-refractivity contribution in [3.63, 3.8) is 0 Å². The van der Waals surface area contributed by atoms with Crippen LogP contribution >= 0.6 is 0 Å². The van der Waals surface area contributed by atoms with Crippen LogP contribution in [0, 0.1) is 11.3 Å². The molecule has 1 saturated carbocycles. The van der Waals surface area contributed by atoms with Gasteiger partial charge < -0.3 is 15.0 Å². The first-order valence-electron chi connectivity index (χ1n) is 9.01. The van der Waals surface area contributed by atoms with Gasteiger partial charge in [-0.15, -0.1) is 0 Å². The third kappa shape index (κ3) is 3.48. The van der Waals surface area contributed by atoms with Crippen molar-refractivity contribution in [1.82, 2.24) is 10.2 Å². The molecule has 0 bridgehead atoms. The zero-order valence-corrected chi connectivity index (χ0v) is 14.6. The molecule has 1 aromatic carbocycles. The van der Waals surface area contributed by atoms with Crippen LogP contribution in [0.25, 0.3) is 0 Å². The second-order valence-corrected chi connectivity index (χ2v) is 6.93. The molecular formula is C20H28N2O2. The van der Waals surface area contributed by atoms with Gasteiger partial charge in [-0.1, -0.05) is 30.9 Å². The Labute approximate surface area is 144 Å². The molecule has 1 spiro atoms. The molecule has 24 heavy (non-hydrogen) atoms. The lowest BCUT2D eigenvalue weighted by atomic mass is 9.91. The van der Waals surface area contributed by atoms with Gasteiger partial charge in [0.05, 0.1) is 0 Å². The van der Waals surface area contributed by atoms with Gasteiger partial charge in [0, 0.05) is 24.6 Å². The van der Waals surface area contributed by atoms with E-state index in [-0.39, 0.29) is 11.3 Å². The number of para-hydroxylation sites is 1. The maximum absolute atomic E-state index is 13.0. The Morgan fingerprint density at radius 1 is 1.42 bits per heavy atom. The fourth-order valence-electron chi connectivity index (χ4n) is 3.87. The molecule has 1 aliphatic heterocycles. The smallest absolute Gasteiger partial charge is 0.226 e. The summed E-state index contributed by atoms with van der Waals surface area (Å²) in [6.07, 6.45) is 5.09. The highest BCUT2D eigenvalue weighted by atomic mass is 16.5. The van der Waals surface area contributed by atoms with Crippen molar-refractivity contribution in [2.75, 3.05) is 26.2 Å². The Balaban J connectivity index is 1.67. The second kappa shape index (κ2) is 7.39. The number of amides is 1. The van der Waals surface area contributed by atoms with E-state index in [1.54, 1.807) is 6.08 Å². The van der Waals surface area contributed by atoms with Gasteiger partial charge in [0.15, 0.2) is 0 Å². The highest BCUT2D eigenvalue weighted by Crippen LogP contribution is 2.59. The van der Waals surface area contributed by atoms with Crippen LogP contribution in [0.1, 0.15) is 31.7 Å². The average Bonchev–Trinajstić information content (AvgIpc) is 3.31. The Morgan fingerprint density at radius 3 is 2.88 bits per heavy atom. The van der Waals surface area contributed by atoms with Crippen molar-refractivity contribution in [3.05, 3.63) is 42.5 Å². The van der Waals surface area contributed by atoms with Crippen molar-refractivity contribution < 1.29 is 9.53 Å². The van der Waals surface area contributed by atoms with Crippen molar-refractivity contribution in [2.24, 2.45) is 11.3 Å². The number of carbonyl (C=O) groups excluding carboxylic acids is 1. The van der Waals surface area contributed by atoms with E-state index in [1.807, 2.05) is 29.2 Å². The lowest BCUT2D eigenvalue weighted by molar-refractivity contribution is -0.134. The summed E-state index contributed by atoms with van der Waals surface area (Å²) >= 11 is 0. The van der Waals surface area contributed by atoms with Crippen LogP contribution in [0.4, 0.5) is 0 Å². The van der Waals surface area contributed by atoms with E-state index in [0.717, 1.165) is 50.2 Å². The Hall–Kier alpha value is -1.81. The molecule has 4 nitrogen and oxygen atoms in total. The first kappa shape index (κ1) is 17.0. The Bertz CT molecular complexity index is 593. The number of hydrogen-bond donors (Lipinski definition) is 1. The highest BCUT2D eigenvalue weighted by molar-refractivity contribution is 5.82. The molecule has 4 heteroatoms.